The molecular weight excluding hydrogens is 416 g/mol. The van der Waals surface area contributed by atoms with Gasteiger partial charge in [0.25, 0.3) is 0 Å². The number of aromatic nitrogens is 6. The van der Waals surface area contributed by atoms with Gasteiger partial charge in [-0.05, 0) is 41.6 Å². The zero-order valence-corrected chi connectivity index (χ0v) is 17.8. The van der Waals surface area contributed by atoms with Crippen molar-refractivity contribution in [1.82, 2.24) is 29.7 Å². The van der Waals surface area contributed by atoms with E-state index in [-0.39, 0.29) is 0 Å². The third kappa shape index (κ3) is 3.31. The van der Waals surface area contributed by atoms with Crippen LogP contribution in [0.15, 0.2) is 70.7 Å². The molecule has 4 heterocycles. The molecule has 7 nitrogen and oxygen atoms in total. The zero-order chi connectivity index (χ0) is 20.5. The lowest BCUT2D eigenvalue weighted by molar-refractivity contribution is 0.415. The lowest BCUT2D eigenvalue weighted by Crippen LogP contribution is -1.95. The van der Waals surface area contributed by atoms with Gasteiger partial charge in [0, 0.05) is 35.9 Å². The van der Waals surface area contributed by atoms with Crippen molar-refractivity contribution in [1.29, 1.82) is 0 Å². The van der Waals surface area contributed by atoms with Gasteiger partial charge in [-0.2, -0.15) is 0 Å². The van der Waals surface area contributed by atoms with Crippen molar-refractivity contribution < 1.29 is 4.74 Å². The maximum Gasteiger partial charge on any atom is 0.197 e. The first-order valence-corrected chi connectivity index (χ1v) is 10.8. The number of pyridine rings is 1. The lowest BCUT2D eigenvalue weighted by Gasteiger charge is -2.06. The molecule has 0 N–H and O–H groups in total. The predicted octanol–water partition coefficient (Wildman–Crippen LogP) is 4.71. The minimum absolute atomic E-state index is 0.758. The third-order valence-corrected chi connectivity index (χ3v) is 6.63. The zero-order valence-electron chi connectivity index (χ0n) is 16.2. The Morgan fingerprint density at radius 3 is 2.53 bits per heavy atom. The van der Waals surface area contributed by atoms with Crippen molar-refractivity contribution in [3.05, 3.63) is 60.5 Å². The first kappa shape index (κ1) is 18.7. The average molecular weight is 433 g/mol. The van der Waals surface area contributed by atoms with Gasteiger partial charge in [0.1, 0.15) is 21.9 Å². The second kappa shape index (κ2) is 7.85. The van der Waals surface area contributed by atoms with Crippen molar-refractivity contribution in [3.8, 4) is 28.3 Å². The summed E-state index contributed by atoms with van der Waals surface area (Å²) >= 11 is 3.09. The molecule has 0 aliphatic carbocycles. The topological polar surface area (TPSA) is 78.6 Å². The Bertz CT molecular complexity index is 1310. The maximum atomic E-state index is 5.28. The fourth-order valence-electron chi connectivity index (χ4n) is 3.15. The van der Waals surface area contributed by atoms with Gasteiger partial charge in [0.15, 0.2) is 11.0 Å². The van der Waals surface area contributed by atoms with E-state index >= 15 is 0 Å². The van der Waals surface area contributed by atoms with Crippen LogP contribution >= 0.6 is 23.1 Å². The number of fused-ring (bicyclic) bond motifs is 1. The van der Waals surface area contributed by atoms with E-state index in [4.69, 9.17) is 4.74 Å². The van der Waals surface area contributed by atoms with Gasteiger partial charge in [0.05, 0.1) is 12.5 Å². The van der Waals surface area contributed by atoms with Crippen LogP contribution < -0.4 is 4.74 Å². The molecule has 0 bridgehead atoms. The van der Waals surface area contributed by atoms with Crippen molar-refractivity contribution in [2.24, 2.45) is 7.05 Å². The monoisotopic (exact) mass is 432 g/mol. The Hall–Kier alpha value is -3.30. The van der Waals surface area contributed by atoms with Crippen LogP contribution in [-0.4, -0.2) is 36.8 Å². The highest BCUT2D eigenvalue weighted by Crippen LogP contribution is 2.40. The van der Waals surface area contributed by atoms with E-state index in [2.05, 4.69) is 30.5 Å². The summed E-state index contributed by atoms with van der Waals surface area (Å²) in [5, 5.41) is 13.5. The van der Waals surface area contributed by atoms with Crippen LogP contribution in [0, 0.1) is 0 Å². The predicted molar refractivity (Wildman–Crippen MR) is 118 cm³/mol. The van der Waals surface area contributed by atoms with Crippen LogP contribution in [0.25, 0.3) is 32.7 Å². The molecular formula is C21H16N6OS2. The minimum Gasteiger partial charge on any atom is -0.497 e. The highest BCUT2D eigenvalue weighted by molar-refractivity contribution is 7.99. The van der Waals surface area contributed by atoms with Crippen LogP contribution in [0.5, 0.6) is 5.75 Å². The number of methoxy groups -OCH3 is 1. The number of nitrogens with zero attached hydrogens (tertiary/aromatic N) is 6. The normalized spacial score (nSPS) is 11.1. The Morgan fingerprint density at radius 2 is 1.77 bits per heavy atom. The van der Waals surface area contributed by atoms with E-state index in [0.29, 0.717) is 0 Å². The van der Waals surface area contributed by atoms with Crippen molar-refractivity contribution in [2.75, 3.05) is 7.11 Å². The second-order valence-corrected chi connectivity index (χ2v) is 8.25. The molecule has 0 fully saturated rings. The summed E-state index contributed by atoms with van der Waals surface area (Å²) in [5.41, 5.74) is 3.15. The summed E-state index contributed by atoms with van der Waals surface area (Å²) in [5.74, 6) is 1.61. The van der Waals surface area contributed by atoms with E-state index in [0.717, 1.165) is 48.7 Å². The lowest BCUT2D eigenvalue weighted by atomic mass is 10.1. The SMILES string of the molecule is COc1ccc(-c2csc3ncnc(Sc4nnc(-c5ccncc5)n4C)c23)cc1. The Kier molecular flexibility index (Phi) is 4.89. The first-order valence-electron chi connectivity index (χ1n) is 9.09. The number of benzene rings is 1. The summed E-state index contributed by atoms with van der Waals surface area (Å²) in [6.07, 6.45) is 5.09. The van der Waals surface area contributed by atoms with Gasteiger partial charge < -0.3 is 9.30 Å². The molecule has 5 aromatic rings. The molecule has 0 saturated carbocycles. The van der Waals surface area contributed by atoms with Crippen LogP contribution in [0.4, 0.5) is 0 Å². The van der Waals surface area contributed by atoms with E-state index in [1.165, 1.54) is 11.8 Å². The quantitative estimate of drug-likeness (QED) is 0.372. The molecule has 1 aromatic carbocycles. The molecule has 0 saturated heterocycles. The Balaban J connectivity index is 1.56. The summed E-state index contributed by atoms with van der Waals surface area (Å²) in [4.78, 5) is 14.0. The molecule has 148 valence electrons. The highest BCUT2D eigenvalue weighted by Gasteiger charge is 2.18. The number of ether oxygens (including phenoxy) is 1. The summed E-state index contributed by atoms with van der Waals surface area (Å²) in [6, 6.07) is 11.8. The number of hydrogen-bond donors (Lipinski definition) is 0. The molecule has 0 unspecified atom stereocenters. The molecule has 5 rings (SSSR count). The van der Waals surface area contributed by atoms with Gasteiger partial charge in [-0.3, -0.25) is 4.98 Å². The van der Waals surface area contributed by atoms with Crippen molar-refractivity contribution >= 4 is 33.3 Å². The van der Waals surface area contributed by atoms with Gasteiger partial charge in [0.2, 0.25) is 0 Å². The minimum atomic E-state index is 0.758. The average Bonchev–Trinajstić information content (AvgIpc) is 3.39. The summed E-state index contributed by atoms with van der Waals surface area (Å²) in [6.45, 7) is 0. The summed E-state index contributed by atoms with van der Waals surface area (Å²) < 4.78 is 7.25. The van der Waals surface area contributed by atoms with Crippen molar-refractivity contribution in [3.63, 3.8) is 0 Å². The standard InChI is InChI=1S/C21H16N6OS2/c1-27-18(14-7-9-22-10-8-14)25-26-21(27)30-20-17-16(11-29-19(17)23-12-24-20)13-3-5-15(28-2)6-4-13/h3-12H,1-2H3. The second-order valence-electron chi connectivity index (χ2n) is 6.44. The number of hydrogen-bond acceptors (Lipinski definition) is 8. The van der Waals surface area contributed by atoms with E-state index in [1.54, 1.807) is 37.2 Å². The first-order chi connectivity index (χ1) is 14.7. The molecule has 0 aliphatic rings. The molecule has 0 amide bonds. The molecule has 0 atom stereocenters. The van der Waals surface area contributed by atoms with Crippen molar-refractivity contribution in [2.45, 2.75) is 10.2 Å². The molecule has 4 aromatic heterocycles. The molecule has 0 aliphatic heterocycles. The van der Waals surface area contributed by atoms with Gasteiger partial charge in [-0.25, -0.2) is 9.97 Å². The fraction of sp³-hybridized carbons (Fsp3) is 0.0952. The smallest absolute Gasteiger partial charge is 0.197 e. The summed E-state index contributed by atoms with van der Waals surface area (Å²) in [7, 11) is 3.62. The molecule has 9 heteroatoms. The van der Waals surface area contributed by atoms with E-state index in [1.807, 2.05) is 48.0 Å². The van der Waals surface area contributed by atoms with Gasteiger partial charge in [-0.15, -0.1) is 21.5 Å². The largest absolute Gasteiger partial charge is 0.497 e. The number of rotatable bonds is 5. The van der Waals surface area contributed by atoms with Crippen LogP contribution in [0.2, 0.25) is 0 Å². The van der Waals surface area contributed by atoms with Gasteiger partial charge >= 0.3 is 0 Å². The third-order valence-electron chi connectivity index (χ3n) is 4.70. The van der Waals surface area contributed by atoms with Crippen LogP contribution in [-0.2, 0) is 7.05 Å². The van der Waals surface area contributed by atoms with E-state index in [9.17, 15) is 0 Å². The molecule has 0 radical (unpaired) electrons. The van der Waals surface area contributed by atoms with E-state index < -0.39 is 0 Å². The highest BCUT2D eigenvalue weighted by atomic mass is 32.2. The molecule has 0 spiro atoms. The van der Waals surface area contributed by atoms with Gasteiger partial charge in [-0.1, -0.05) is 12.1 Å². The Morgan fingerprint density at radius 1 is 0.967 bits per heavy atom. The van der Waals surface area contributed by atoms with Crippen LogP contribution in [0.1, 0.15) is 0 Å². The maximum absolute atomic E-state index is 5.28. The molecule has 30 heavy (non-hydrogen) atoms. The fourth-order valence-corrected chi connectivity index (χ4v) is 5.02. The Labute approximate surface area is 180 Å². The van der Waals surface area contributed by atoms with Crippen LogP contribution in [0.3, 0.4) is 0 Å². The number of thiophene rings is 1.